The average Bonchev–Trinajstić information content (AvgIpc) is 2.58. The molecule has 1 aliphatic heterocycles. The lowest BCUT2D eigenvalue weighted by Gasteiger charge is -2.35. The molecule has 1 aromatic rings. The molecule has 9 heteroatoms. The van der Waals surface area contributed by atoms with Crippen LogP contribution in [0.4, 0.5) is 18.0 Å². The third-order valence-electron chi connectivity index (χ3n) is 4.28. The van der Waals surface area contributed by atoms with Crippen LogP contribution in [0.15, 0.2) is 16.6 Å². The van der Waals surface area contributed by atoms with Crippen molar-refractivity contribution in [3.8, 4) is 0 Å². The van der Waals surface area contributed by atoms with E-state index in [1.54, 1.807) is 20.8 Å². The van der Waals surface area contributed by atoms with Gasteiger partial charge in [0.2, 0.25) is 0 Å². The highest BCUT2D eigenvalue weighted by molar-refractivity contribution is 9.10. The second-order valence-electron chi connectivity index (χ2n) is 7.48. The SMILES string of the molecule is CC(C)(C)N(Cc1nc(C2CCOCC2)ccc1Br)C(=O)OCC(F)(F)F. The number of amides is 1. The van der Waals surface area contributed by atoms with Crippen molar-refractivity contribution in [3.05, 3.63) is 28.0 Å². The van der Waals surface area contributed by atoms with Crippen LogP contribution in [0.1, 0.15) is 50.9 Å². The minimum absolute atomic E-state index is 0.0395. The van der Waals surface area contributed by atoms with Crippen LogP contribution in [-0.2, 0) is 16.0 Å². The molecule has 1 aromatic heterocycles. The predicted octanol–water partition coefficient (Wildman–Crippen LogP) is 5.04. The third kappa shape index (κ3) is 6.64. The highest BCUT2D eigenvalue weighted by atomic mass is 79.9. The van der Waals surface area contributed by atoms with Crippen LogP contribution in [0.25, 0.3) is 0 Å². The number of alkyl halides is 3. The van der Waals surface area contributed by atoms with Crippen LogP contribution in [-0.4, -0.2) is 47.5 Å². The fourth-order valence-corrected chi connectivity index (χ4v) is 3.13. The van der Waals surface area contributed by atoms with Gasteiger partial charge >= 0.3 is 12.3 Å². The number of aromatic nitrogens is 1. The molecule has 2 heterocycles. The van der Waals surface area contributed by atoms with Crippen molar-refractivity contribution < 1.29 is 27.4 Å². The molecule has 0 N–H and O–H groups in total. The summed E-state index contributed by atoms with van der Waals surface area (Å²) in [4.78, 5) is 18.2. The first-order chi connectivity index (χ1) is 12.5. The van der Waals surface area contributed by atoms with Crippen molar-refractivity contribution in [2.75, 3.05) is 19.8 Å². The highest BCUT2D eigenvalue weighted by Gasteiger charge is 2.34. The molecule has 0 unspecified atom stereocenters. The van der Waals surface area contributed by atoms with Gasteiger partial charge < -0.3 is 9.47 Å². The van der Waals surface area contributed by atoms with Gasteiger partial charge in [-0.1, -0.05) is 0 Å². The molecule has 0 aliphatic carbocycles. The Balaban J connectivity index is 2.20. The van der Waals surface area contributed by atoms with Gasteiger partial charge in [0.1, 0.15) is 0 Å². The summed E-state index contributed by atoms with van der Waals surface area (Å²) >= 11 is 3.42. The molecule has 1 aliphatic rings. The zero-order valence-electron chi connectivity index (χ0n) is 15.6. The van der Waals surface area contributed by atoms with Crippen LogP contribution >= 0.6 is 15.9 Å². The van der Waals surface area contributed by atoms with Crippen molar-refractivity contribution in [3.63, 3.8) is 0 Å². The number of hydrogen-bond donors (Lipinski definition) is 0. The van der Waals surface area contributed by atoms with E-state index in [2.05, 4.69) is 25.7 Å². The number of halogens is 4. The summed E-state index contributed by atoms with van der Waals surface area (Å²) < 4.78 is 47.7. The fraction of sp³-hybridized carbons (Fsp3) is 0.667. The van der Waals surface area contributed by atoms with Crippen molar-refractivity contribution >= 4 is 22.0 Å². The van der Waals surface area contributed by atoms with Crippen molar-refractivity contribution in [1.29, 1.82) is 0 Å². The van der Waals surface area contributed by atoms with Gasteiger partial charge in [-0.25, -0.2) is 4.79 Å². The van der Waals surface area contributed by atoms with Crippen LogP contribution in [0.3, 0.4) is 0 Å². The fourth-order valence-electron chi connectivity index (χ4n) is 2.78. The van der Waals surface area contributed by atoms with Gasteiger partial charge in [0.05, 0.1) is 12.2 Å². The van der Waals surface area contributed by atoms with E-state index >= 15 is 0 Å². The second kappa shape index (κ2) is 8.77. The van der Waals surface area contributed by atoms with E-state index in [1.165, 1.54) is 4.90 Å². The number of rotatable bonds is 4. The Morgan fingerprint density at radius 3 is 2.48 bits per heavy atom. The zero-order valence-corrected chi connectivity index (χ0v) is 17.2. The molecule has 0 bridgehead atoms. The Morgan fingerprint density at radius 1 is 1.30 bits per heavy atom. The first-order valence-electron chi connectivity index (χ1n) is 8.71. The summed E-state index contributed by atoms with van der Waals surface area (Å²) in [5.41, 5.74) is 0.741. The van der Waals surface area contributed by atoms with Crippen LogP contribution in [0, 0.1) is 0 Å². The van der Waals surface area contributed by atoms with Gasteiger partial charge in [-0.05, 0) is 61.7 Å². The first kappa shape index (κ1) is 21.9. The number of pyridine rings is 1. The largest absolute Gasteiger partial charge is 0.440 e. The van der Waals surface area contributed by atoms with Gasteiger partial charge in [-0.2, -0.15) is 13.2 Å². The minimum Gasteiger partial charge on any atom is -0.440 e. The van der Waals surface area contributed by atoms with E-state index in [0.717, 1.165) is 18.5 Å². The third-order valence-corrected chi connectivity index (χ3v) is 5.00. The lowest BCUT2D eigenvalue weighted by molar-refractivity contribution is -0.163. The predicted molar refractivity (Wildman–Crippen MR) is 97.4 cm³/mol. The molecular weight excluding hydrogens is 429 g/mol. The Morgan fingerprint density at radius 2 is 1.93 bits per heavy atom. The molecule has 1 fully saturated rings. The maximum Gasteiger partial charge on any atom is 0.422 e. The number of carbonyl (C=O) groups excluding carboxylic acids is 1. The molecule has 152 valence electrons. The van der Waals surface area contributed by atoms with E-state index in [0.29, 0.717) is 23.4 Å². The first-order valence-corrected chi connectivity index (χ1v) is 9.51. The van der Waals surface area contributed by atoms with Gasteiger partial charge in [0.15, 0.2) is 6.61 Å². The molecule has 27 heavy (non-hydrogen) atoms. The molecule has 0 aromatic carbocycles. The molecule has 1 saturated heterocycles. The van der Waals surface area contributed by atoms with Crippen LogP contribution in [0.5, 0.6) is 0 Å². The van der Waals surface area contributed by atoms with E-state index in [4.69, 9.17) is 4.74 Å². The molecule has 5 nitrogen and oxygen atoms in total. The minimum atomic E-state index is -4.57. The summed E-state index contributed by atoms with van der Waals surface area (Å²) in [5.74, 6) is 0.269. The van der Waals surface area contributed by atoms with Crippen LogP contribution < -0.4 is 0 Å². The molecule has 0 atom stereocenters. The highest BCUT2D eigenvalue weighted by Crippen LogP contribution is 2.29. The van der Waals surface area contributed by atoms with Gasteiger partial charge in [-0.15, -0.1) is 0 Å². The molecule has 2 rings (SSSR count). The molecule has 1 amide bonds. The maximum atomic E-state index is 12.4. The smallest absolute Gasteiger partial charge is 0.422 e. The van der Waals surface area contributed by atoms with Gasteiger partial charge in [0, 0.05) is 34.8 Å². The van der Waals surface area contributed by atoms with Crippen molar-refractivity contribution in [2.45, 2.75) is 57.8 Å². The number of carbonyl (C=O) groups is 1. The average molecular weight is 453 g/mol. The van der Waals surface area contributed by atoms with Crippen LogP contribution in [0.2, 0.25) is 0 Å². The van der Waals surface area contributed by atoms with Gasteiger partial charge in [-0.3, -0.25) is 9.88 Å². The van der Waals surface area contributed by atoms with Crippen molar-refractivity contribution in [1.82, 2.24) is 9.88 Å². The lowest BCUT2D eigenvalue weighted by atomic mass is 9.96. The standard InChI is InChI=1S/C18H24BrF3N2O3/c1-17(2,3)24(16(25)27-11-18(20,21)22)10-15-13(19)4-5-14(23-15)12-6-8-26-9-7-12/h4-5,12H,6-11H2,1-3H3. The molecule has 0 saturated carbocycles. The van der Waals surface area contributed by atoms with E-state index in [-0.39, 0.29) is 12.5 Å². The van der Waals surface area contributed by atoms with Gasteiger partial charge in [0.25, 0.3) is 0 Å². The number of ether oxygens (including phenoxy) is 2. The number of nitrogens with zero attached hydrogens (tertiary/aromatic N) is 2. The van der Waals surface area contributed by atoms with E-state index < -0.39 is 24.4 Å². The van der Waals surface area contributed by atoms with E-state index in [1.807, 2.05) is 12.1 Å². The van der Waals surface area contributed by atoms with E-state index in [9.17, 15) is 18.0 Å². The number of hydrogen-bond acceptors (Lipinski definition) is 4. The molecular formula is C18H24BrF3N2O3. The Labute approximate surface area is 165 Å². The molecule has 0 spiro atoms. The maximum absolute atomic E-state index is 12.4. The quantitative estimate of drug-likeness (QED) is 0.642. The lowest BCUT2D eigenvalue weighted by Crippen LogP contribution is -2.46. The normalized spacial score (nSPS) is 16.3. The Hall–Kier alpha value is -1.35. The topological polar surface area (TPSA) is 51.7 Å². The summed E-state index contributed by atoms with van der Waals surface area (Å²) in [7, 11) is 0. The summed E-state index contributed by atoms with van der Waals surface area (Å²) in [6, 6.07) is 3.78. The zero-order chi connectivity index (χ0) is 20.2. The summed E-state index contributed by atoms with van der Waals surface area (Å²) in [6.45, 7) is 4.98. The summed E-state index contributed by atoms with van der Waals surface area (Å²) in [5, 5.41) is 0. The second-order valence-corrected chi connectivity index (χ2v) is 8.33. The monoisotopic (exact) mass is 452 g/mol. The Kier molecular flexibility index (Phi) is 7.13. The van der Waals surface area contributed by atoms with Crippen molar-refractivity contribution in [2.24, 2.45) is 0 Å². The molecule has 0 radical (unpaired) electrons. The Bertz CT molecular complexity index is 656. The summed E-state index contributed by atoms with van der Waals surface area (Å²) in [6.07, 6.45) is -3.86.